The van der Waals surface area contributed by atoms with E-state index in [0.717, 1.165) is 4.90 Å². The largest absolute Gasteiger partial charge is 0.465 e. The lowest BCUT2D eigenvalue weighted by molar-refractivity contribution is -0.140. The third-order valence-corrected chi connectivity index (χ3v) is 12.4. The second-order valence-corrected chi connectivity index (χ2v) is 16.4. The van der Waals surface area contributed by atoms with Gasteiger partial charge in [-0.15, -0.1) is 0 Å². The second kappa shape index (κ2) is 13.1. The Hall–Kier alpha value is -3.91. The van der Waals surface area contributed by atoms with E-state index in [-0.39, 0.29) is 43.3 Å². The third-order valence-electron chi connectivity index (χ3n) is 10.4. The van der Waals surface area contributed by atoms with Crippen molar-refractivity contribution in [3.63, 3.8) is 0 Å². The number of hydrogen-bond donors (Lipinski definition) is 4. The van der Waals surface area contributed by atoms with Crippen molar-refractivity contribution in [1.82, 2.24) is 19.8 Å². The van der Waals surface area contributed by atoms with Crippen LogP contribution < -0.4 is 15.4 Å². The molecule has 6 rings (SSSR count). The number of carbonyl (C=O) groups is 4. The fraction of sp³-hybridized carbons (Fsp3) is 0.529. The van der Waals surface area contributed by atoms with Gasteiger partial charge in [0.15, 0.2) is 0 Å². The first-order valence-corrected chi connectivity index (χ1v) is 18.6. The molecule has 1 saturated heterocycles. The number of carboxylic acid groups (broad SMARTS) is 1. The molecule has 4 amide bonds. The molecule has 6 atom stereocenters. The predicted molar refractivity (Wildman–Crippen MR) is 179 cm³/mol. The SMILES string of the molecule is CCC1CC1(NC(=O)[C@@H]1C[C@@H](C2c3cccc(F)c3CN2C(=O)O)CN1C(=O)[C@@H](Nc1cccc(Cl)c1)C(C)C)C(=O)NS(=O)(=O)C1CC1. The minimum absolute atomic E-state index is 0.0196. The number of hydrogen-bond acceptors (Lipinski definition) is 7. The summed E-state index contributed by atoms with van der Waals surface area (Å²) in [4.78, 5) is 57.3. The van der Waals surface area contributed by atoms with Crippen molar-refractivity contribution in [3.05, 3.63) is 64.4 Å². The van der Waals surface area contributed by atoms with Crippen LogP contribution >= 0.6 is 11.6 Å². The number of nitrogens with zero attached hydrogens (tertiary/aromatic N) is 2. The van der Waals surface area contributed by atoms with Crippen LogP contribution in [0.2, 0.25) is 5.02 Å². The highest BCUT2D eigenvalue weighted by molar-refractivity contribution is 7.91. The van der Waals surface area contributed by atoms with E-state index in [9.17, 15) is 37.1 Å². The first kappa shape index (κ1) is 34.9. The van der Waals surface area contributed by atoms with Gasteiger partial charge in [-0.05, 0) is 67.3 Å². The third kappa shape index (κ3) is 6.69. The number of carbonyl (C=O) groups excluding carboxylic acids is 3. The monoisotopic (exact) mass is 717 g/mol. The average molecular weight is 718 g/mol. The molecular formula is C34H41ClFN5O7S. The smallest absolute Gasteiger partial charge is 0.408 e. The van der Waals surface area contributed by atoms with Gasteiger partial charge < -0.3 is 20.6 Å². The van der Waals surface area contributed by atoms with Crippen LogP contribution in [0.15, 0.2) is 42.5 Å². The summed E-state index contributed by atoms with van der Waals surface area (Å²) in [7, 11) is -3.88. The molecule has 2 aliphatic heterocycles. The maximum Gasteiger partial charge on any atom is 0.408 e. The molecule has 2 saturated carbocycles. The van der Waals surface area contributed by atoms with Crippen molar-refractivity contribution < 1.29 is 37.1 Å². The zero-order chi connectivity index (χ0) is 35.4. The Balaban J connectivity index is 1.33. The van der Waals surface area contributed by atoms with Gasteiger partial charge >= 0.3 is 6.09 Å². The van der Waals surface area contributed by atoms with Crippen molar-refractivity contribution in [3.8, 4) is 0 Å². The fourth-order valence-corrected chi connectivity index (χ4v) is 9.04. The van der Waals surface area contributed by atoms with E-state index in [1.165, 1.54) is 17.0 Å². The van der Waals surface area contributed by atoms with Crippen LogP contribution in [0.1, 0.15) is 70.0 Å². The molecule has 0 radical (unpaired) electrons. The molecule has 3 fully saturated rings. The predicted octanol–water partition coefficient (Wildman–Crippen LogP) is 4.26. The number of benzene rings is 2. The van der Waals surface area contributed by atoms with Crippen LogP contribution in [0.5, 0.6) is 0 Å². The molecule has 4 aliphatic rings. The van der Waals surface area contributed by atoms with Gasteiger partial charge in [-0.1, -0.05) is 57.0 Å². The molecule has 0 aromatic heterocycles. The van der Waals surface area contributed by atoms with E-state index < -0.39 is 74.5 Å². The van der Waals surface area contributed by atoms with Crippen LogP contribution in [0.25, 0.3) is 0 Å². The topological polar surface area (TPSA) is 165 Å². The Morgan fingerprint density at radius 1 is 1.10 bits per heavy atom. The van der Waals surface area contributed by atoms with E-state index in [4.69, 9.17) is 11.6 Å². The molecule has 3 unspecified atom stereocenters. The number of amides is 4. The number of nitrogens with one attached hydrogen (secondary N) is 3. The molecule has 0 spiro atoms. The summed E-state index contributed by atoms with van der Waals surface area (Å²) in [6, 6.07) is 8.53. The van der Waals surface area contributed by atoms with Crippen molar-refractivity contribution in [2.75, 3.05) is 11.9 Å². The van der Waals surface area contributed by atoms with Gasteiger partial charge in [0, 0.05) is 28.7 Å². The van der Waals surface area contributed by atoms with Crippen LogP contribution in [-0.2, 0) is 31.0 Å². The number of halogens is 2. The first-order chi connectivity index (χ1) is 23.2. The zero-order valence-electron chi connectivity index (χ0n) is 27.5. The molecule has 15 heteroatoms. The molecule has 49 heavy (non-hydrogen) atoms. The summed E-state index contributed by atoms with van der Waals surface area (Å²) in [5, 5.41) is 16.0. The summed E-state index contributed by atoms with van der Waals surface area (Å²) >= 11 is 6.20. The number of fused-ring (bicyclic) bond motifs is 1. The Bertz CT molecular complexity index is 1790. The number of anilines is 1. The molecule has 2 aromatic carbocycles. The van der Waals surface area contributed by atoms with Crippen molar-refractivity contribution in [2.24, 2.45) is 17.8 Å². The molecule has 2 heterocycles. The van der Waals surface area contributed by atoms with Crippen LogP contribution in [-0.4, -0.2) is 76.6 Å². The highest BCUT2D eigenvalue weighted by atomic mass is 35.5. The first-order valence-electron chi connectivity index (χ1n) is 16.6. The molecule has 12 nitrogen and oxygen atoms in total. The van der Waals surface area contributed by atoms with Gasteiger partial charge in [0.25, 0.3) is 5.91 Å². The standard InChI is InChI=1S/C34H41ClFN5O7S/c1-4-20-15-34(20,32(44)39-49(47,48)23-11-12-23)38-30(42)27-13-19(29-24-9-6-10-26(36)25(24)17-41(29)33(45)46)16-40(27)31(43)28(18(2)3)37-22-8-5-7-21(35)14-22/h5-10,14,18-20,23,27-29,37H,4,11-13,15-17H2,1-3H3,(H,38,42)(H,39,44)(H,45,46)/t19-,20?,27+,28+,29?,34?/m1/s1. The summed E-state index contributed by atoms with van der Waals surface area (Å²) < 4.78 is 42.4. The van der Waals surface area contributed by atoms with Gasteiger partial charge in [0.2, 0.25) is 21.8 Å². The van der Waals surface area contributed by atoms with Crippen LogP contribution in [0.4, 0.5) is 14.9 Å². The van der Waals surface area contributed by atoms with E-state index in [0.29, 0.717) is 35.5 Å². The van der Waals surface area contributed by atoms with Crippen LogP contribution in [0.3, 0.4) is 0 Å². The molecule has 2 aromatic rings. The van der Waals surface area contributed by atoms with Crippen molar-refractivity contribution in [1.29, 1.82) is 0 Å². The second-order valence-electron chi connectivity index (χ2n) is 14.0. The molecule has 264 valence electrons. The highest BCUT2D eigenvalue weighted by Crippen LogP contribution is 2.48. The van der Waals surface area contributed by atoms with Crippen molar-refractivity contribution in [2.45, 2.75) is 88.3 Å². The molecule has 0 bridgehead atoms. The number of likely N-dealkylation sites (tertiary alicyclic amines) is 1. The van der Waals surface area contributed by atoms with E-state index in [2.05, 4.69) is 15.4 Å². The lowest BCUT2D eigenvalue weighted by atomic mass is 9.90. The summed E-state index contributed by atoms with van der Waals surface area (Å²) in [6.45, 7) is 5.34. The lowest BCUT2D eigenvalue weighted by Gasteiger charge is -2.32. The zero-order valence-corrected chi connectivity index (χ0v) is 29.1. The van der Waals surface area contributed by atoms with Gasteiger partial charge in [-0.3, -0.25) is 24.0 Å². The van der Waals surface area contributed by atoms with Crippen LogP contribution in [0, 0.1) is 23.6 Å². The maximum absolute atomic E-state index is 14.9. The maximum atomic E-state index is 14.9. The van der Waals surface area contributed by atoms with Crippen molar-refractivity contribution >= 4 is 51.1 Å². The Morgan fingerprint density at radius 3 is 2.43 bits per heavy atom. The normalized spacial score (nSPS) is 26.7. The van der Waals surface area contributed by atoms with E-state index in [1.54, 1.807) is 30.3 Å². The molecule has 2 aliphatic carbocycles. The molecule has 4 N–H and O–H groups in total. The minimum Gasteiger partial charge on any atom is -0.465 e. The summed E-state index contributed by atoms with van der Waals surface area (Å²) in [6.07, 6.45) is 0.426. The molecular weight excluding hydrogens is 677 g/mol. The highest BCUT2D eigenvalue weighted by Gasteiger charge is 2.62. The average Bonchev–Trinajstić information content (AvgIpc) is 3.93. The quantitative estimate of drug-likeness (QED) is 0.268. The van der Waals surface area contributed by atoms with E-state index in [1.807, 2.05) is 20.8 Å². The fourth-order valence-electron chi connectivity index (χ4n) is 7.49. The van der Waals surface area contributed by atoms with Gasteiger partial charge in [0.05, 0.1) is 17.8 Å². The van der Waals surface area contributed by atoms with Gasteiger partial charge in [-0.25, -0.2) is 17.6 Å². The summed E-state index contributed by atoms with van der Waals surface area (Å²) in [5.41, 5.74) is -0.148. The van der Waals surface area contributed by atoms with E-state index >= 15 is 0 Å². The lowest BCUT2D eigenvalue weighted by Crippen LogP contribution is -2.58. The number of sulfonamides is 1. The minimum atomic E-state index is -3.88. The number of rotatable bonds is 11. The summed E-state index contributed by atoms with van der Waals surface area (Å²) in [5.74, 6) is -3.57. The van der Waals surface area contributed by atoms with Gasteiger partial charge in [0.1, 0.15) is 23.4 Å². The Kier molecular flexibility index (Phi) is 9.33. The van der Waals surface area contributed by atoms with Gasteiger partial charge in [-0.2, -0.15) is 0 Å². The Morgan fingerprint density at radius 2 is 1.82 bits per heavy atom. The Labute approximate surface area is 289 Å².